The van der Waals surface area contributed by atoms with Crippen LogP contribution in [-0.4, -0.2) is 34.8 Å². The molecule has 1 unspecified atom stereocenters. The van der Waals surface area contributed by atoms with E-state index in [1.807, 2.05) is 45.0 Å². The van der Waals surface area contributed by atoms with Gasteiger partial charge >= 0.3 is 0 Å². The van der Waals surface area contributed by atoms with E-state index in [0.717, 1.165) is 16.8 Å². The number of ketones is 1. The highest BCUT2D eigenvalue weighted by molar-refractivity contribution is 8.01. The molecule has 1 aliphatic heterocycles. The van der Waals surface area contributed by atoms with E-state index in [1.54, 1.807) is 23.1 Å². The largest absolute Gasteiger partial charge is 0.495 e. The Morgan fingerprint density at radius 3 is 2.69 bits per heavy atom. The molecule has 0 saturated carbocycles. The first-order valence-electron chi connectivity index (χ1n) is 13.1. The van der Waals surface area contributed by atoms with Crippen molar-refractivity contribution in [3.63, 3.8) is 0 Å². The van der Waals surface area contributed by atoms with Gasteiger partial charge in [-0.15, -0.1) is 10.2 Å². The average molecular weight is 621 g/mol. The lowest BCUT2D eigenvalue weighted by Crippen LogP contribution is -2.42. The van der Waals surface area contributed by atoms with E-state index in [2.05, 4.69) is 21.6 Å². The van der Waals surface area contributed by atoms with Gasteiger partial charge in [-0.1, -0.05) is 78.4 Å². The van der Waals surface area contributed by atoms with E-state index in [9.17, 15) is 14.9 Å². The van der Waals surface area contributed by atoms with E-state index in [-0.39, 0.29) is 28.7 Å². The molecule has 3 N–H and O–H groups in total. The summed E-state index contributed by atoms with van der Waals surface area (Å²) < 4.78 is 5.83. The number of nitrogens with one attached hydrogen (secondary N) is 1. The number of aryl methyl sites for hydroxylation is 1. The van der Waals surface area contributed by atoms with Gasteiger partial charge in [0.05, 0.1) is 36.1 Å². The second kappa shape index (κ2) is 11.8. The normalized spacial score (nSPS) is 18.0. The van der Waals surface area contributed by atoms with Gasteiger partial charge in [0.2, 0.25) is 11.0 Å². The number of carbonyl (C=O) groups excluding carboxylic acids is 2. The van der Waals surface area contributed by atoms with Gasteiger partial charge in [0.25, 0.3) is 0 Å². The summed E-state index contributed by atoms with van der Waals surface area (Å²) >= 11 is 8.53. The molecule has 1 atom stereocenters. The quantitative estimate of drug-likeness (QED) is 0.297. The molecule has 2 heterocycles. The van der Waals surface area contributed by atoms with Crippen molar-refractivity contribution in [3.8, 4) is 11.8 Å². The highest BCUT2D eigenvalue weighted by Gasteiger charge is 2.45. The highest BCUT2D eigenvalue weighted by Crippen LogP contribution is 2.50. The van der Waals surface area contributed by atoms with Crippen molar-refractivity contribution in [1.82, 2.24) is 10.2 Å². The van der Waals surface area contributed by atoms with Crippen LogP contribution in [0.4, 0.5) is 10.8 Å². The monoisotopic (exact) mass is 620 g/mol. The van der Waals surface area contributed by atoms with E-state index >= 15 is 0 Å². The molecule has 0 fully saturated rings. The Labute approximate surface area is 257 Å². The maximum Gasteiger partial charge on any atom is 0.234 e. The summed E-state index contributed by atoms with van der Waals surface area (Å²) in [4.78, 5) is 28.1. The number of nitrogens with two attached hydrogens (primary N) is 1. The zero-order valence-electron chi connectivity index (χ0n) is 23.5. The number of hydrogen-bond acceptors (Lipinski definition) is 10. The number of allylic oxidation sites excluding steroid dienone is 3. The van der Waals surface area contributed by atoms with Gasteiger partial charge in [-0.2, -0.15) is 5.26 Å². The van der Waals surface area contributed by atoms with Crippen molar-refractivity contribution < 1.29 is 14.3 Å². The third-order valence-electron chi connectivity index (χ3n) is 7.14. The first kappa shape index (κ1) is 29.6. The summed E-state index contributed by atoms with van der Waals surface area (Å²) in [7, 11) is 1.51. The van der Waals surface area contributed by atoms with Crippen LogP contribution in [0.3, 0.4) is 0 Å². The molecule has 5 rings (SSSR count). The second-order valence-electron chi connectivity index (χ2n) is 10.9. The van der Waals surface area contributed by atoms with Gasteiger partial charge in [-0.3, -0.25) is 14.5 Å². The van der Waals surface area contributed by atoms with Crippen LogP contribution < -0.4 is 20.7 Å². The van der Waals surface area contributed by atoms with E-state index in [4.69, 9.17) is 22.1 Å². The zero-order chi connectivity index (χ0) is 30.2. The molecule has 0 bridgehead atoms. The molecule has 0 radical (unpaired) electrons. The lowest BCUT2D eigenvalue weighted by atomic mass is 9.68. The molecule has 0 saturated heterocycles. The fourth-order valence-corrected chi connectivity index (χ4v) is 7.12. The summed E-state index contributed by atoms with van der Waals surface area (Å²) in [5.74, 6) is -0.0512. The predicted octanol–water partition coefficient (Wildman–Crippen LogP) is 6.18. The third-order valence-corrected chi connectivity index (χ3v) is 9.42. The summed E-state index contributed by atoms with van der Waals surface area (Å²) in [6.45, 7) is 6.08. The fraction of sp³-hybridized carbons (Fsp3) is 0.300. The van der Waals surface area contributed by atoms with E-state index < -0.39 is 5.92 Å². The standard InChI is InChI=1S/C30H29ClN6O3S2/c1-16-5-7-17(8-6-16)25-19(14-32)27(33)37(21-12-30(2,3)13-22(38)26(21)25)28-35-36-29(42-28)41-15-24(39)34-20-11-18(31)9-10-23(20)40-4/h5-11,25H,12-13,15,33H2,1-4H3,(H,34,39). The smallest absolute Gasteiger partial charge is 0.234 e. The lowest BCUT2D eigenvalue weighted by Gasteiger charge is -2.42. The number of nitriles is 1. The number of carbonyl (C=O) groups is 2. The summed E-state index contributed by atoms with van der Waals surface area (Å²) in [5.41, 5.74) is 10.4. The minimum absolute atomic E-state index is 0.00990. The van der Waals surface area contributed by atoms with Crippen molar-refractivity contribution in [2.45, 2.75) is 43.9 Å². The van der Waals surface area contributed by atoms with Crippen molar-refractivity contribution in [2.24, 2.45) is 11.1 Å². The SMILES string of the molecule is COc1ccc(Cl)cc1NC(=O)CSc1nnc(N2C(N)=C(C#N)C(c3ccc(C)cc3)C3=C2CC(C)(C)CC3=O)s1. The van der Waals surface area contributed by atoms with Crippen LogP contribution in [0.1, 0.15) is 43.7 Å². The number of anilines is 2. The Bertz CT molecular complexity index is 1670. The van der Waals surface area contributed by atoms with Gasteiger partial charge in [0, 0.05) is 22.7 Å². The summed E-state index contributed by atoms with van der Waals surface area (Å²) in [6, 6.07) is 15.1. The average Bonchev–Trinajstić information content (AvgIpc) is 3.40. The number of benzene rings is 2. The molecule has 2 aliphatic rings. The van der Waals surface area contributed by atoms with Crippen LogP contribution in [0, 0.1) is 23.7 Å². The number of ether oxygens (including phenoxy) is 1. The van der Waals surface area contributed by atoms with Crippen molar-refractivity contribution in [2.75, 3.05) is 23.1 Å². The molecule has 12 heteroatoms. The molecule has 9 nitrogen and oxygen atoms in total. The zero-order valence-corrected chi connectivity index (χ0v) is 25.9. The number of Topliss-reactive ketones (excluding diaryl/α,β-unsaturated/α-hetero) is 1. The topological polar surface area (TPSA) is 134 Å². The Hall–Kier alpha value is -3.85. The number of amides is 1. The van der Waals surface area contributed by atoms with Gasteiger partial charge in [-0.25, -0.2) is 0 Å². The highest BCUT2D eigenvalue weighted by atomic mass is 35.5. The minimum atomic E-state index is -0.556. The number of hydrogen-bond donors (Lipinski definition) is 2. The Morgan fingerprint density at radius 1 is 1.26 bits per heavy atom. The second-order valence-corrected chi connectivity index (χ2v) is 13.5. The summed E-state index contributed by atoms with van der Waals surface area (Å²) in [5, 5.41) is 22.6. The predicted molar refractivity (Wildman–Crippen MR) is 166 cm³/mol. The van der Waals surface area contributed by atoms with Gasteiger partial charge in [0.15, 0.2) is 10.1 Å². The molecular formula is C30H29ClN6O3S2. The molecule has 42 heavy (non-hydrogen) atoms. The third kappa shape index (κ3) is 5.88. The van der Waals surface area contributed by atoms with Crippen molar-refractivity contribution >= 4 is 57.2 Å². The number of aromatic nitrogens is 2. The molecule has 1 aromatic heterocycles. The number of thioether (sulfide) groups is 1. The van der Waals surface area contributed by atoms with Crippen LogP contribution in [0.15, 0.2) is 69.5 Å². The molecular weight excluding hydrogens is 592 g/mol. The van der Waals surface area contributed by atoms with E-state index in [0.29, 0.717) is 49.9 Å². The Balaban J connectivity index is 1.45. The van der Waals surface area contributed by atoms with Gasteiger partial charge < -0.3 is 15.8 Å². The molecule has 1 amide bonds. The first-order valence-corrected chi connectivity index (χ1v) is 15.3. The molecule has 0 spiro atoms. The van der Waals surface area contributed by atoms with Crippen LogP contribution in [0.5, 0.6) is 5.75 Å². The van der Waals surface area contributed by atoms with E-state index in [1.165, 1.54) is 30.2 Å². The number of rotatable bonds is 7. The van der Waals surface area contributed by atoms with Crippen molar-refractivity contribution in [1.29, 1.82) is 5.26 Å². The number of methoxy groups -OCH3 is 1. The van der Waals surface area contributed by atoms with Gasteiger partial charge in [-0.05, 0) is 42.5 Å². The van der Waals surface area contributed by atoms with Crippen LogP contribution >= 0.6 is 34.7 Å². The van der Waals surface area contributed by atoms with Crippen LogP contribution in [0.25, 0.3) is 0 Å². The number of halogens is 1. The molecule has 216 valence electrons. The Morgan fingerprint density at radius 2 is 2.00 bits per heavy atom. The minimum Gasteiger partial charge on any atom is -0.495 e. The van der Waals surface area contributed by atoms with Crippen molar-refractivity contribution in [3.05, 3.63) is 81.3 Å². The van der Waals surface area contributed by atoms with Crippen LogP contribution in [-0.2, 0) is 9.59 Å². The molecule has 1 aliphatic carbocycles. The maximum atomic E-state index is 13.7. The molecule has 3 aromatic rings. The number of nitrogens with zero attached hydrogens (tertiary/aromatic N) is 4. The Kier molecular flexibility index (Phi) is 8.32. The lowest BCUT2D eigenvalue weighted by molar-refractivity contribution is -0.118. The first-order chi connectivity index (χ1) is 20.0. The fourth-order valence-electron chi connectivity index (χ4n) is 5.26. The van der Waals surface area contributed by atoms with Gasteiger partial charge in [0.1, 0.15) is 11.6 Å². The summed E-state index contributed by atoms with van der Waals surface area (Å²) in [6.07, 6.45) is 0.937. The maximum absolute atomic E-state index is 13.7. The van der Waals surface area contributed by atoms with Crippen LogP contribution in [0.2, 0.25) is 5.02 Å². The molecule has 2 aromatic carbocycles.